The summed E-state index contributed by atoms with van der Waals surface area (Å²) in [6.07, 6.45) is 9.00. The van der Waals surface area contributed by atoms with Crippen molar-refractivity contribution in [1.29, 1.82) is 0 Å². The molecular formula is C12H22O3. The van der Waals surface area contributed by atoms with E-state index < -0.39 is 0 Å². The maximum Gasteiger partial charge on any atom is 0.306 e. The normalized spacial score (nSPS) is 17.7. The molecule has 0 aromatic rings. The fourth-order valence-electron chi connectivity index (χ4n) is 1.99. The summed E-state index contributed by atoms with van der Waals surface area (Å²) in [4.78, 5) is 11.4. The Morgan fingerprint density at radius 2 is 1.87 bits per heavy atom. The minimum absolute atomic E-state index is 0.0557. The summed E-state index contributed by atoms with van der Waals surface area (Å²) in [5, 5.41) is 8.58. The van der Waals surface area contributed by atoms with Gasteiger partial charge in [0.05, 0.1) is 0 Å². The van der Waals surface area contributed by atoms with Gasteiger partial charge in [0.1, 0.15) is 6.10 Å². The third kappa shape index (κ3) is 5.78. The molecule has 3 heteroatoms. The van der Waals surface area contributed by atoms with E-state index in [-0.39, 0.29) is 18.7 Å². The van der Waals surface area contributed by atoms with Crippen molar-refractivity contribution >= 4 is 5.97 Å². The van der Waals surface area contributed by atoms with Crippen molar-refractivity contribution < 1.29 is 14.6 Å². The highest BCUT2D eigenvalue weighted by Gasteiger charge is 2.16. The van der Waals surface area contributed by atoms with Crippen molar-refractivity contribution in [3.8, 4) is 0 Å². The molecule has 0 bridgehead atoms. The Balaban J connectivity index is 2.01. The van der Waals surface area contributed by atoms with Crippen LogP contribution in [0.15, 0.2) is 0 Å². The average molecular weight is 214 g/mol. The molecule has 0 radical (unpaired) electrons. The van der Waals surface area contributed by atoms with E-state index in [1.165, 1.54) is 19.3 Å². The molecule has 0 saturated heterocycles. The molecule has 0 amide bonds. The standard InChI is InChI=1S/C12H22O3/c13-10-6-2-5-9-12(14)15-11-7-3-1-4-8-11/h11,13H,1-10H2. The van der Waals surface area contributed by atoms with E-state index in [0.29, 0.717) is 6.42 Å². The molecule has 15 heavy (non-hydrogen) atoms. The van der Waals surface area contributed by atoms with Crippen LogP contribution in [-0.2, 0) is 9.53 Å². The number of carbonyl (C=O) groups is 1. The van der Waals surface area contributed by atoms with Gasteiger partial charge in [0.25, 0.3) is 0 Å². The number of aliphatic hydroxyl groups is 1. The first kappa shape index (κ1) is 12.5. The molecule has 3 nitrogen and oxygen atoms in total. The van der Waals surface area contributed by atoms with Gasteiger partial charge in [0.15, 0.2) is 0 Å². The third-order valence-corrected chi connectivity index (χ3v) is 2.89. The zero-order valence-electron chi connectivity index (χ0n) is 9.41. The maximum atomic E-state index is 11.4. The van der Waals surface area contributed by atoms with E-state index in [0.717, 1.165) is 32.1 Å². The van der Waals surface area contributed by atoms with Crippen LogP contribution >= 0.6 is 0 Å². The van der Waals surface area contributed by atoms with E-state index in [1.54, 1.807) is 0 Å². The Labute approximate surface area is 91.8 Å². The topological polar surface area (TPSA) is 46.5 Å². The zero-order chi connectivity index (χ0) is 10.9. The fraction of sp³-hybridized carbons (Fsp3) is 0.917. The molecule has 0 spiro atoms. The molecule has 0 aromatic heterocycles. The van der Waals surface area contributed by atoms with Crippen LogP contribution in [0, 0.1) is 0 Å². The summed E-state index contributed by atoms with van der Waals surface area (Å²) in [5.74, 6) is -0.0557. The molecule has 0 heterocycles. The quantitative estimate of drug-likeness (QED) is 0.545. The monoisotopic (exact) mass is 214 g/mol. The fourth-order valence-corrected chi connectivity index (χ4v) is 1.99. The second-order valence-corrected chi connectivity index (χ2v) is 4.28. The van der Waals surface area contributed by atoms with E-state index in [1.807, 2.05) is 0 Å². The predicted molar refractivity (Wildman–Crippen MR) is 58.5 cm³/mol. The molecule has 88 valence electrons. The van der Waals surface area contributed by atoms with Crippen LogP contribution in [-0.4, -0.2) is 23.8 Å². The summed E-state index contributed by atoms with van der Waals surface area (Å²) >= 11 is 0. The van der Waals surface area contributed by atoms with Gasteiger partial charge in [-0.15, -0.1) is 0 Å². The molecule has 0 aromatic carbocycles. The number of carbonyl (C=O) groups excluding carboxylic acids is 1. The average Bonchev–Trinajstić information content (AvgIpc) is 2.26. The Hall–Kier alpha value is -0.570. The lowest BCUT2D eigenvalue weighted by atomic mass is 9.98. The highest BCUT2D eigenvalue weighted by atomic mass is 16.5. The lowest BCUT2D eigenvalue weighted by molar-refractivity contribution is -0.150. The molecule has 1 saturated carbocycles. The second-order valence-electron chi connectivity index (χ2n) is 4.28. The number of aliphatic hydroxyl groups excluding tert-OH is 1. The van der Waals surface area contributed by atoms with Crippen molar-refractivity contribution in [3.05, 3.63) is 0 Å². The summed E-state index contributed by atoms with van der Waals surface area (Å²) in [6, 6.07) is 0. The Bertz CT molecular complexity index is 174. The molecule has 1 fully saturated rings. The number of ether oxygens (including phenoxy) is 1. The van der Waals surface area contributed by atoms with Crippen LogP contribution < -0.4 is 0 Å². The van der Waals surface area contributed by atoms with Crippen LogP contribution in [0.4, 0.5) is 0 Å². The summed E-state index contributed by atoms with van der Waals surface area (Å²) in [5.41, 5.74) is 0. The van der Waals surface area contributed by atoms with Crippen LogP contribution in [0.5, 0.6) is 0 Å². The van der Waals surface area contributed by atoms with Crippen LogP contribution in [0.2, 0.25) is 0 Å². The van der Waals surface area contributed by atoms with Gasteiger partial charge in [-0.1, -0.05) is 12.8 Å². The van der Waals surface area contributed by atoms with Gasteiger partial charge in [0, 0.05) is 13.0 Å². The SMILES string of the molecule is O=C(CCCCCO)OC1CCCCC1. The van der Waals surface area contributed by atoms with E-state index >= 15 is 0 Å². The van der Waals surface area contributed by atoms with Crippen molar-refractivity contribution in [3.63, 3.8) is 0 Å². The Kier molecular flexibility index (Phi) is 6.41. The van der Waals surface area contributed by atoms with Gasteiger partial charge in [-0.3, -0.25) is 4.79 Å². The van der Waals surface area contributed by atoms with Gasteiger partial charge >= 0.3 is 5.97 Å². The second kappa shape index (κ2) is 7.69. The number of esters is 1. The maximum absolute atomic E-state index is 11.4. The Morgan fingerprint density at radius 3 is 2.53 bits per heavy atom. The third-order valence-electron chi connectivity index (χ3n) is 2.89. The smallest absolute Gasteiger partial charge is 0.306 e. The van der Waals surface area contributed by atoms with Gasteiger partial charge in [-0.05, 0) is 38.5 Å². The molecule has 1 aliphatic carbocycles. The summed E-state index contributed by atoms with van der Waals surface area (Å²) in [6.45, 7) is 0.220. The van der Waals surface area contributed by atoms with Crippen molar-refractivity contribution in [2.24, 2.45) is 0 Å². The van der Waals surface area contributed by atoms with Crippen molar-refractivity contribution in [1.82, 2.24) is 0 Å². The molecule has 1 N–H and O–H groups in total. The number of rotatable bonds is 6. The van der Waals surface area contributed by atoms with Gasteiger partial charge < -0.3 is 9.84 Å². The minimum Gasteiger partial charge on any atom is -0.462 e. The first-order valence-corrected chi connectivity index (χ1v) is 6.13. The van der Waals surface area contributed by atoms with Gasteiger partial charge in [-0.2, -0.15) is 0 Å². The summed E-state index contributed by atoms with van der Waals surface area (Å²) < 4.78 is 5.37. The van der Waals surface area contributed by atoms with Crippen LogP contribution in [0.3, 0.4) is 0 Å². The largest absolute Gasteiger partial charge is 0.462 e. The molecule has 0 unspecified atom stereocenters. The number of hydrogen-bond acceptors (Lipinski definition) is 3. The Morgan fingerprint density at radius 1 is 1.13 bits per heavy atom. The molecule has 0 aliphatic heterocycles. The first-order chi connectivity index (χ1) is 7.33. The zero-order valence-corrected chi connectivity index (χ0v) is 9.41. The van der Waals surface area contributed by atoms with Crippen LogP contribution in [0.1, 0.15) is 57.8 Å². The lowest BCUT2D eigenvalue weighted by Gasteiger charge is -2.21. The lowest BCUT2D eigenvalue weighted by Crippen LogP contribution is -2.20. The minimum atomic E-state index is -0.0557. The highest BCUT2D eigenvalue weighted by Crippen LogP contribution is 2.20. The molecule has 1 rings (SSSR count). The van der Waals surface area contributed by atoms with Gasteiger partial charge in [-0.25, -0.2) is 0 Å². The van der Waals surface area contributed by atoms with E-state index in [4.69, 9.17) is 9.84 Å². The van der Waals surface area contributed by atoms with E-state index in [2.05, 4.69) is 0 Å². The van der Waals surface area contributed by atoms with Crippen LogP contribution in [0.25, 0.3) is 0 Å². The predicted octanol–water partition coefficient (Wildman–Crippen LogP) is 2.42. The molecular weight excluding hydrogens is 192 g/mol. The van der Waals surface area contributed by atoms with Gasteiger partial charge in [0.2, 0.25) is 0 Å². The van der Waals surface area contributed by atoms with Crippen molar-refractivity contribution in [2.45, 2.75) is 63.9 Å². The number of hydrogen-bond donors (Lipinski definition) is 1. The van der Waals surface area contributed by atoms with Crippen molar-refractivity contribution in [2.75, 3.05) is 6.61 Å². The summed E-state index contributed by atoms with van der Waals surface area (Å²) in [7, 11) is 0. The number of unbranched alkanes of at least 4 members (excludes halogenated alkanes) is 2. The molecule has 0 atom stereocenters. The first-order valence-electron chi connectivity index (χ1n) is 6.13. The highest BCUT2D eigenvalue weighted by molar-refractivity contribution is 5.69. The van der Waals surface area contributed by atoms with E-state index in [9.17, 15) is 4.79 Å². The molecule has 1 aliphatic rings.